The van der Waals surface area contributed by atoms with Crippen LogP contribution in [0, 0.1) is 0 Å². The Hall–Kier alpha value is -9.32. The van der Waals surface area contributed by atoms with Crippen LogP contribution in [0.2, 0.25) is 0 Å². The first-order valence-electron chi connectivity index (χ1n) is 24.2. The molecule has 1 aliphatic heterocycles. The predicted molar refractivity (Wildman–Crippen MR) is 300 cm³/mol. The van der Waals surface area contributed by atoms with E-state index in [1.807, 2.05) is 0 Å². The number of para-hydroxylation sites is 3. The Morgan fingerprint density at radius 2 is 0.958 bits per heavy atom. The molecule has 0 unspecified atom stereocenters. The minimum Gasteiger partial charge on any atom is -0.454 e. The molecular formula is C66H45BN3O. The maximum atomic E-state index is 7.13. The molecule has 1 aliphatic rings. The van der Waals surface area contributed by atoms with E-state index in [9.17, 15) is 0 Å². The highest BCUT2D eigenvalue weighted by atomic mass is 16.3. The van der Waals surface area contributed by atoms with Gasteiger partial charge in [-0.2, -0.15) is 0 Å². The SMILES string of the molecule is [B]1c2ccc(N(c3ccccc3)c3ccccc3)cc2N(c2cccc(-c3ccccc3)c2)c2c1c(-c1cc(-c3ccccc3)ccc1Nc1cccc(-c3ccccc3)c1)cc1c2oc2ccccc21. The summed E-state index contributed by atoms with van der Waals surface area (Å²) in [7, 11) is 2.37. The Labute approximate surface area is 414 Å². The molecule has 1 radical (unpaired) electrons. The van der Waals surface area contributed by atoms with Crippen molar-refractivity contribution in [3.8, 4) is 44.5 Å². The number of anilines is 8. The topological polar surface area (TPSA) is 31.6 Å². The Morgan fingerprint density at radius 1 is 0.394 bits per heavy atom. The van der Waals surface area contributed by atoms with Gasteiger partial charge in [0.15, 0.2) is 12.9 Å². The van der Waals surface area contributed by atoms with Crippen LogP contribution in [0.5, 0.6) is 0 Å². The molecule has 1 aromatic heterocycles. The average Bonchev–Trinajstić information content (AvgIpc) is 3.83. The molecule has 11 aromatic carbocycles. The number of benzene rings is 11. The summed E-state index contributed by atoms with van der Waals surface area (Å²) < 4.78 is 7.13. The quantitative estimate of drug-likeness (QED) is 0.139. The molecule has 0 saturated heterocycles. The summed E-state index contributed by atoms with van der Waals surface area (Å²) >= 11 is 0. The standard InChI is InChI=1S/C66H45BN3O/c1-6-20-45(21-7-1)48-26-18-28-51(40-48)68-61-39-36-50(47-24-10-3-11-25-47)42-57(61)58-44-59-56-34-16-17-35-63(56)71-66(59)65-64(58)67-60-38-37-55(69(52-29-12-4-13-30-52)53-31-14-5-15-32-53)43-62(60)70(65)54-33-19-27-49(41-54)46-22-8-2-9-23-46/h1-44,68H. The third-order valence-electron chi connectivity index (χ3n) is 13.6. The molecular weight excluding hydrogens is 862 g/mol. The van der Waals surface area contributed by atoms with E-state index >= 15 is 0 Å². The lowest BCUT2D eigenvalue weighted by Gasteiger charge is -2.36. The maximum Gasteiger partial charge on any atom is 0.198 e. The van der Waals surface area contributed by atoms with E-state index < -0.39 is 0 Å². The fraction of sp³-hybridized carbons (Fsp3) is 0. The van der Waals surface area contributed by atoms with Gasteiger partial charge in [0.1, 0.15) is 5.58 Å². The summed E-state index contributed by atoms with van der Waals surface area (Å²) in [5.74, 6) is 0. The molecule has 4 nitrogen and oxygen atoms in total. The molecule has 0 saturated carbocycles. The lowest BCUT2D eigenvalue weighted by Crippen LogP contribution is -2.41. The van der Waals surface area contributed by atoms with Crippen LogP contribution >= 0.6 is 0 Å². The highest BCUT2D eigenvalue weighted by Gasteiger charge is 2.33. The molecule has 2 heterocycles. The monoisotopic (exact) mass is 906 g/mol. The summed E-state index contributed by atoms with van der Waals surface area (Å²) in [6.07, 6.45) is 0. The van der Waals surface area contributed by atoms with Crippen molar-refractivity contribution in [2.24, 2.45) is 0 Å². The van der Waals surface area contributed by atoms with Gasteiger partial charge >= 0.3 is 0 Å². The molecule has 333 valence electrons. The fourth-order valence-corrected chi connectivity index (χ4v) is 10.3. The van der Waals surface area contributed by atoms with E-state index in [4.69, 9.17) is 4.42 Å². The van der Waals surface area contributed by atoms with Gasteiger partial charge in [0.2, 0.25) is 0 Å². The Morgan fingerprint density at radius 3 is 1.62 bits per heavy atom. The van der Waals surface area contributed by atoms with Crippen LogP contribution in [0.15, 0.2) is 271 Å². The normalized spacial score (nSPS) is 11.7. The third kappa shape index (κ3) is 7.80. The molecule has 0 bridgehead atoms. The van der Waals surface area contributed by atoms with E-state index in [0.717, 1.165) is 117 Å². The largest absolute Gasteiger partial charge is 0.454 e. The van der Waals surface area contributed by atoms with Gasteiger partial charge in [0.25, 0.3) is 0 Å². The molecule has 5 heteroatoms. The van der Waals surface area contributed by atoms with Crippen LogP contribution in [0.1, 0.15) is 0 Å². The second kappa shape index (κ2) is 18.0. The second-order valence-electron chi connectivity index (χ2n) is 18.0. The minimum absolute atomic E-state index is 0.828. The molecule has 0 spiro atoms. The first-order chi connectivity index (χ1) is 35.2. The predicted octanol–water partition coefficient (Wildman–Crippen LogP) is 16.9. The van der Waals surface area contributed by atoms with Crippen molar-refractivity contribution in [2.75, 3.05) is 15.1 Å². The van der Waals surface area contributed by atoms with Gasteiger partial charge in [-0.15, -0.1) is 0 Å². The zero-order valence-corrected chi connectivity index (χ0v) is 38.8. The molecule has 0 atom stereocenters. The molecule has 71 heavy (non-hydrogen) atoms. The van der Waals surface area contributed by atoms with Crippen molar-refractivity contribution in [3.05, 3.63) is 267 Å². The summed E-state index contributed by atoms with van der Waals surface area (Å²) in [4.78, 5) is 4.78. The van der Waals surface area contributed by atoms with E-state index in [1.165, 1.54) is 5.56 Å². The Kier molecular flexibility index (Phi) is 10.6. The van der Waals surface area contributed by atoms with Crippen LogP contribution in [-0.2, 0) is 0 Å². The van der Waals surface area contributed by atoms with Crippen LogP contribution < -0.4 is 26.0 Å². The number of hydrogen-bond donors (Lipinski definition) is 1. The average molecular weight is 907 g/mol. The van der Waals surface area contributed by atoms with Crippen molar-refractivity contribution in [3.63, 3.8) is 0 Å². The summed E-state index contributed by atoms with van der Waals surface area (Å²) in [6.45, 7) is 0. The summed E-state index contributed by atoms with van der Waals surface area (Å²) in [5.41, 5.74) is 21.1. The summed E-state index contributed by atoms with van der Waals surface area (Å²) in [5, 5.41) is 6.04. The summed E-state index contributed by atoms with van der Waals surface area (Å²) in [6, 6.07) is 95.2. The molecule has 0 fully saturated rings. The van der Waals surface area contributed by atoms with Gasteiger partial charge in [0, 0.05) is 56.1 Å². The number of nitrogens with zero attached hydrogens (tertiary/aromatic N) is 2. The smallest absolute Gasteiger partial charge is 0.198 e. The first kappa shape index (κ1) is 41.8. The highest BCUT2D eigenvalue weighted by Crippen LogP contribution is 2.48. The fourth-order valence-electron chi connectivity index (χ4n) is 10.3. The van der Waals surface area contributed by atoms with Gasteiger partial charge in [-0.25, -0.2) is 0 Å². The van der Waals surface area contributed by atoms with E-state index in [-0.39, 0.29) is 0 Å². The number of hydrogen-bond acceptors (Lipinski definition) is 4. The van der Waals surface area contributed by atoms with Crippen LogP contribution in [-0.4, -0.2) is 7.28 Å². The zero-order chi connectivity index (χ0) is 47.1. The highest BCUT2D eigenvalue weighted by molar-refractivity contribution is 6.74. The van der Waals surface area contributed by atoms with Crippen LogP contribution in [0.4, 0.5) is 45.5 Å². The number of rotatable bonds is 10. The number of nitrogens with one attached hydrogen (secondary N) is 1. The molecule has 0 aliphatic carbocycles. The molecule has 13 rings (SSSR count). The van der Waals surface area contributed by atoms with Crippen molar-refractivity contribution in [2.45, 2.75) is 0 Å². The van der Waals surface area contributed by atoms with Crippen molar-refractivity contribution in [1.29, 1.82) is 0 Å². The molecule has 12 aromatic rings. The van der Waals surface area contributed by atoms with E-state index in [1.54, 1.807) is 0 Å². The first-order valence-corrected chi connectivity index (χ1v) is 24.2. The van der Waals surface area contributed by atoms with Crippen molar-refractivity contribution in [1.82, 2.24) is 0 Å². The zero-order valence-electron chi connectivity index (χ0n) is 38.8. The second-order valence-corrected chi connectivity index (χ2v) is 18.0. The van der Waals surface area contributed by atoms with Gasteiger partial charge in [-0.05, 0) is 129 Å². The van der Waals surface area contributed by atoms with E-state index in [0.29, 0.717) is 0 Å². The lowest BCUT2D eigenvalue weighted by molar-refractivity contribution is 0.669. The lowest BCUT2D eigenvalue weighted by atomic mass is 9.58. The number of fused-ring (bicyclic) bond motifs is 6. The van der Waals surface area contributed by atoms with Gasteiger partial charge in [-0.1, -0.05) is 187 Å². The molecule has 0 amide bonds. The van der Waals surface area contributed by atoms with Gasteiger partial charge < -0.3 is 19.5 Å². The van der Waals surface area contributed by atoms with Gasteiger partial charge in [-0.3, -0.25) is 0 Å². The van der Waals surface area contributed by atoms with Crippen LogP contribution in [0.25, 0.3) is 66.4 Å². The van der Waals surface area contributed by atoms with Crippen LogP contribution in [0.3, 0.4) is 0 Å². The minimum atomic E-state index is 0.828. The van der Waals surface area contributed by atoms with Gasteiger partial charge in [0.05, 0.1) is 5.69 Å². The third-order valence-corrected chi connectivity index (χ3v) is 13.6. The van der Waals surface area contributed by atoms with E-state index in [2.05, 4.69) is 289 Å². The number of furan rings is 1. The maximum absolute atomic E-state index is 7.13. The van der Waals surface area contributed by atoms with Crippen molar-refractivity contribution < 1.29 is 4.42 Å². The Bertz CT molecular complexity index is 3840. The van der Waals surface area contributed by atoms with Crippen molar-refractivity contribution >= 4 is 85.6 Å². The molecule has 1 N–H and O–H groups in total. The Balaban J connectivity index is 1.08.